The summed E-state index contributed by atoms with van der Waals surface area (Å²) in [5.74, 6) is -0.798. The lowest BCUT2D eigenvalue weighted by Crippen LogP contribution is -2.27. The van der Waals surface area contributed by atoms with E-state index in [2.05, 4.69) is 0 Å². The number of rotatable bonds is 5. The van der Waals surface area contributed by atoms with Crippen molar-refractivity contribution in [2.75, 3.05) is 4.90 Å². The minimum Gasteiger partial charge on any atom is -0.479 e. The molecular weight excluding hydrogens is 406 g/mol. The normalized spacial score (nSPS) is 16.7. The van der Waals surface area contributed by atoms with Crippen LogP contribution in [0, 0.1) is 0 Å². The molecule has 0 saturated carbocycles. The highest BCUT2D eigenvalue weighted by Crippen LogP contribution is 2.36. The van der Waals surface area contributed by atoms with Crippen LogP contribution >= 0.6 is 35.6 Å². The quantitative estimate of drug-likeness (QED) is 0.564. The summed E-state index contributed by atoms with van der Waals surface area (Å²) in [6.07, 6.45) is 0.797. The van der Waals surface area contributed by atoms with Crippen molar-refractivity contribution in [2.24, 2.45) is 0 Å². The van der Waals surface area contributed by atoms with Gasteiger partial charge in [0.05, 0.1) is 10.6 Å². The number of anilines is 1. The first-order valence-electron chi connectivity index (χ1n) is 7.88. The maximum Gasteiger partial charge on any atom is 0.344 e. The zero-order valence-electron chi connectivity index (χ0n) is 14.1. The third kappa shape index (κ3) is 4.50. The fourth-order valence-corrected chi connectivity index (χ4v) is 3.75. The summed E-state index contributed by atoms with van der Waals surface area (Å²) in [4.78, 5) is 25.5. The molecular formula is C19H14ClNO4S2. The Morgan fingerprint density at radius 3 is 2.44 bits per heavy atom. The Kier molecular flexibility index (Phi) is 5.84. The highest BCUT2D eigenvalue weighted by Gasteiger charge is 2.33. The number of nitrogens with zero attached hydrogens (tertiary/aromatic N) is 1. The maximum atomic E-state index is 12.7. The predicted molar refractivity (Wildman–Crippen MR) is 111 cm³/mol. The number of halogens is 1. The van der Waals surface area contributed by atoms with Gasteiger partial charge in [0.25, 0.3) is 5.91 Å². The molecule has 1 unspecified atom stereocenters. The highest BCUT2D eigenvalue weighted by atomic mass is 35.5. The van der Waals surface area contributed by atoms with Crippen molar-refractivity contribution >= 4 is 63.5 Å². The predicted octanol–water partition coefficient (Wildman–Crippen LogP) is 4.60. The molecule has 27 heavy (non-hydrogen) atoms. The van der Waals surface area contributed by atoms with Crippen molar-refractivity contribution in [1.82, 2.24) is 0 Å². The Bertz CT molecular complexity index is 926. The average molecular weight is 420 g/mol. The molecule has 5 nitrogen and oxygen atoms in total. The SMILES string of the molecule is CC(Oc1ccc(/C=C2/SC(=S)N(c3ccc(Cl)cc3)C2=O)cc1)C(=O)O. The largest absolute Gasteiger partial charge is 0.479 e. The minimum atomic E-state index is -1.04. The molecule has 1 amide bonds. The number of carbonyl (C=O) groups excluding carboxylic acids is 1. The van der Waals surface area contributed by atoms with Crippen LogP contribution in [0.25, 0.3) is 6.08 Å². The Labute approximate surface area is 170 Å². The monoisotopic (exact) mass is 419 g/mol. The van der Waals surface area contributed by atoms with Gasteiger partial charge < -0.3 is 9.84 Å². The van der Waals surface area contributed by atoms with Crippen LogP contribution in [0.15, 0.2) is 53.4 Å². The molecule has 3 rings (SSSR count). The molecule has 1 atom stereocenters. The van der Waals surface area contributed by atoms with Gasteiger partial charge in [-0.15, -0.1) is 0 Å². The number of thiocarbonyl (C=S) groups is 1. The summed E-state index contributed by atoms with van der Waals surface area (Å²) in [5, 5.41) is 9.46. The molecule has 2 aromatic carbocycles. The van der Waals surface area contributed by atoms with Gasteiger partial charge in [0.2, 0.25) is 0 Å². The van der Waals surface area contributed by atoms with Gasteiger partial charge in [0.1, 0.15) is 5.75 Å². The molecule has 1 aliphatic rings. The zero-order chi connectivity index (χ0) is 19.6. The van der Waals surface area contributed by atoms with Crippen LogP contribution in [0.1, 0.15) is 12.5 Å². The van der Waals surface area contributed by atoms with E-state index in [1.807, 2.05) is 0 Å². The second-order valence-corrected chi connectivity index (χ2v) is 7.77. The fraction of sp³-hybridized carbons (Fsp3) is 0.105. The number of hydrogen-bond acceptors (Lipinski definition) is 5. The number of carboxylic acids is 1. The number of ether oxygens (including phenoxy) is 1. The molecule has 1 N–H and O–H groups in total. The van der Waals surface area contributed by atoms with Crippen molar-refractivity contribution in [3.05, 3.63) is 64.0 Å². The first kappa shape index (κ1) is 19.4. The Balaban J connectivity index is 1.77. The topological polar surface area (TPSA) is 66.8 Å². The lowest BCUT2D eigenvalue weighted by molar-refractivity contribution is -0.144. The van der Waals surface area contributed by atoms with Crippen LogP contribution in [-0.2, 0) is 9.59 Å². The molecule has 0 spiro atoms. The van der Waals surface area contributed by atoms with Gasteiger partial charge in [-0.2, -0.15) is 0 Å². The van der Waals surface area contributed by atoms with E-state index in [9.17, 15) is 9.59 Å². The number of amides is 1. The molecule has 138 valence electrons. The van der Waals surface area contributed by atoms with Crippen molar-refractivity contribution in [3.63, 3.8) is 0 Å². The average Bonchev–Trinajstić information content (AvgIpc) is 2.91. The minimum absolute atomic E-state index is 0.202. The summed E-state index contributed by atoms with van der Waals surface area (Å²) < 4.78 is 5.74. The van der Waals surface area contributed by atoms with E-state index in [1.54, 1.807) is 54.6 Å². The van der Waals surface area contributed by atoms with Crippen LogP contribution in [0.3, 0.4) is 0 Å². The first-order valence-corrected chi connectivity index (χ1v) is 9.48. The number of hydrogen-bond donors (Lipinski definition) is 1. The van der Waals surface area contributed by atoms with Crippen LogP contribution in [0.5, 0.6) is 5.75 Å². The van der Waals surface area contributed by atoms with Gasteiger partial charge >= 0.3 is 5.97 Å². The molecule has 1 heterocycles. The second-order valence-electron chi connectivity index (χ2n) is 5.66. The number of aliphatic carboxylic acids is 1. The lowest BCUT2D eigenvalue weighted by atomic mass is 10.2. The number of benzene rings is 2. The van der Waals surface area contributed by atoms with Gasteiger partial charge in [-0.3, -0.25) is 9.69 Å². The summed E-state index contributed by atoms with van der Waals surface area (Å²) in [6.45, 7) is 1.46. The third-order valence-electron chi connectivity index (χ3n) is 3.72. The van der Waals surface area contributed by atoms with E-state index in [0.717, 1.165) is 5.56 Å². The van der Waals surface area contributed by atoms with E-state index in [1.165, 1.54) is 23.6 Å². The van der Waals surface area contributed by atoms with Crippen LogP contribution < -0.4 is 9.64 Å². The molecule has 1 fully saturated rings. The molecule has 0 radical (unpaired) electrons. The third-order valence-corrected chi connectivity index (χ3v) is 5.27. The Morgan fingerprint density at radius 2 is 1.85 bits per heavy atom. The summed E-state index contributed by atoms with van der Waals surface area (Å²) in [6, 6.07) is 13.7. The van der Waals surface area contributed by atoms with E-state index in [0.29, 0.717) is 25.7 Å². The molecule has 0 bridgehead atoms. The lowest BCUT2D eigenvalue weighted by Gasteiger charge is -2.14. The van der Waals surface area contributed by atoms with Crippen molar-refractivity contribution < 1.29 is 19.4 Å². The smallest absolute Gasteiger partial charge is 0.344 e. The molecule has 8 heteroatoms. The molecule has 0 aromatic heterocycles. The Morgan fingerprint density at radius 1 is 1.22 bits per heavy atom. The summed E-state index contributed by atoms with van der Waals surface area (Å²) >= 11 is 12.5. The molecule has 2 aromatic rings. The summed E-state index contributed by atoms with van der Waals surface area (Å²) in [5.41, 5.74) is 1.44. The van der Waals surface area contributed by atoms with Crippen molar-refractivity contribution in [3.8, 4) is 5.75 Å². The number of carboxylic acid groups (broad SMARTS) is 1. The van der Waals surface area contributed by atoms with Crippen LogP contribution in [0.4, 0.5) is 5.69 Å². The van der Waals surface area contributed by atoms with Gasteiger partial charge in [0, 0.05) is 5.02 Å². The van der Waals surface area contributed by atoms with Gasteiger partial charge in [-0.05, 0) is 55.0 Å². The maximum absolute atomic E-state index is 12.7. The second kappa shape index (κ2) is 8.12. The van der Waals surface area contributed by atoms with Crippen LogP contribution in [-0.4, -0.2) is 27.4 Å². The summed E-state index contributed by atoms with van der Waals surface area (Å²) in [7, 11) is 0. The van der Waals surface area contributed by atoms with E-state index < -0.39 is 12.1 Å². The standard InChI is InChI=1S/C19H14ClNO4S2/c1-11(18(23)24)25-15-8-2-12(3-9-15)10-16-17(22)21(19(26)27-16)14-6-4-13(20)5-7-14/h2-11H,1H3,(H,23,24)/b16-10+. The van der Waals surface area contributed by atoms with E-state index >= 15 is 0 Å². The number of carbonyl (C=O) groups is 2. The van der Waals surface area contributed by atoms with Gasteiger partial charge in [0.15, 0.2) is 10.4 Å². The van der Waals surface area contributed by atoms with Crippen molar-refractivity contribution in [2.45, 2.75) is 13.0 Å². The molecule has 0 aliphatic carbocycles. The van der Waals surface area contributed by atoms with Gasteiger partial charge in [-0.25, -0.2) is 4.79 Å². The Hall–Kier alpha value is -2.35. The van der Waals surface area contributed by atoms with Gasteiger partial charge in [-0.1, -0.05) is 47.7 Å². The molecule has 1 saturated heterocycles. The van der Waals surface area contributed by atoms with Crippen molar-refractivity contribution in [1.29, 1.82) is 0 Å². The molecule has 1 aliphatic heterocycles. The first-order chi connectivity index (χ1) is 12.8. The highest BCUT2D eigenvalue weighted by molar-refractivity contribution is 8.27. The zero-order valence-corrected chi connectivity index (χ0v) is 16.5. The van der Waals surface area contributed by atoms with E-state index in [-0.39, 0.29) is 5.91 Å². The van der Waals surface area contributed by atoms with Crippen LogP contribution in [0.2, 0.25) is 5.02 Å². The number of thioether (sulfide) groups is 1. The van der Waals surface area contributed by atoms with E-state index in [4.69, 9.17) is 33.7 Å². The fourth-order valence-electron chi connectivity index (χ4n) is 2.33.